The largest absolute Gasteiger partial charge is 0.373 e. The number of amides is 3. The number of hydrogen-bond acceptors (Lipinski definition) is 5. The number of hydrogen-bond donors (Lipinski definition) is 3. The van der Waals surface area contributed by atoms with Crippen LogP contribution < -0.4 is 16.4 Å². The first-order valence-electron chi connectivity index (χ1n) is 8.64. The van der Waals surface area contributed by atoms with E-state index < -0.39 is 41.0 Å². The van der Waals surface area contributed by atoms with Gasteiger partial charge in [0, 0.05) is 18.1 Å². The van der Waals surface area contributed by atoms with Crippen LogP contribution in [0.1, 0.15) is 20.8 Å². The van der Waals surface area contributed by atoms with Crippen LogP contribution in [0.2, 0.25) is 0 Å². The standard InChI is InChI=1S/C18H22N4O4/c1-8(19)21-13(23)11-17(2,15(21)25)12-14(24)22(16(26)18(11,12)3)10-6-4-9(20)5-7-10/h4-8,11-13,23H,19-20H2,1-3H3/p+1. The number of nitrogens with two attached hydrogens (primary N) is 1. The Morgan fingerprint density at radius 2 is 1.65 bits per heavy atom. The summed E-state index contributed by atoms with van der Waals surface area (Å²) in [5.74, 6) is -2.64. The Kier molecular flexibility index (Phi) is 3.23. The van der Waals surface area contributed by atoms with Crippen molar-refractivity contribution in [1.29, 1.82) is 0 Å². The van der Waals surface area contributed by atoms with Gasteiger partial charge in [0.15, 0.2) is 0 Å². The zero-order valence-electron chi connectivity index (χ0n) is 15.0. The number of rotatable bonds is 2. The molecule has 0 spiro atoms. The van der Waals surface area contributed by atoms with E-state index in [9.17, 15) is 19.5 Å². The van der Waals surface area contributed by atoms with Crippen LogP contribution in [0.25, 0.3) is 0 Å². The van der Waals surface area contributed by atoms with Gasteiger partial charge < -0.3 is 21.5 Å². The summed E-state index contributed by atoms with van der Waals surface area (Å²) >= 11 is 0. The molecular formula is C18H23N4O4+. The van der Waals surface area contributed by atoms with Gasteiger partial charge >= 0.3 is 0 Å². The van der Waals surface area contributed by atoms with Crippen LogP contribution in [0.15, 0.2) is 24.3 Å². The van der Waals surface area contributed by atoms with Crippen LogP contribution >= 0.6 is 0 Å². The summed E-state index contributed by atoms with van der Waals surface area (Å²) in [6, 6.07) is 6.77. The summed E-state index contributed by atoms with van der Waals surface area (Å²) < 4.78 is 0. The SMILES string of the molecule is CC(N)N1C(=O)C2(C)C3C(=O)N(c4ccc([NH3+])cc4)C(=O)C3(C)C2C1O. The highest BCUT2D eigenvalue weighted by atomic mass is 16.3. The van der Waals surface area contributed by atoms with E-state index in [0.29, 0.717) is 5.69 Å². The predicted octanol–water partition coefficient (Wildman–Crippen LogP) is -0.843. The fourth-order valence-electron chi connectivity index (χ4n) is 5.50. The second kappa shape index (κ2) is 4.91. The number of aliphatic hydroxyl groups is 1. The Hall–Kier alpha value is -2.29. The Bertz CT molecular complexity index is 838. The normalized spacial score (nSPS) is 39.8. The van der Waals surface area contributed by atoms with E-state index in [-0.39, 0.29) is 11.8 Å². The number of imide groups is 1. The Morgan fingerprint density at radius 3 is 2.19 bits per heavy atom. The van der Waals surface area contributed by atoms with Crippen LogP contribution in [0, 0.1) is 22.7 Å². The Balaban J connectivity index is 1.80. The summed E-state index contributed by atoms with van der Waals surface area (Å²) in [5.41, 5.74) is 8.61. The maximum absolute atomic E-state index is 13.2. The fourth-order valence-corrected chi connectivity index (χ4v) is 5.50. The molecule has 0 bridgehead atoms. The summed E-state index contributed by atoms with van der Waals surface area (Å²) in [7, 11) is 0. The first-order valence-corrected chi connectivity index (χ1v) is 8.64. The smallest absolute Gasteiger partial charge is 0.241 e. The number of carbonyl (C=O) groups excluding carboxylic acids is 3. The van der Waals surface area contributed by atoms with Crippen molar-refractivity contribution in [2.45, 2.75) is 33.2 Å². The highest BCUT2D eigenvalue weighted by Crippen LogP contribution is 2.72. The molecule has 26 heavy (non-hydrogen) atoms. The van der Waals surface area contributed by atoms with Crippen molar-refractivity contribution in [1.82, 2.24) is 4.90 Å². The molecule has 3 fully saturated rings. The molecule has 1 aliphatic carbocycles. The molecule has 4 rings (SSSR count). The van der Waals surface area contributed by atoms with Gasteiger partial charge in [0.25, 0.3) is 0 Å². The van der Waals surface area contributed by atoms with Crippen LogP contribution in [-0.2, 0) is 14.4 Å². The highest BCUT2D eigenvalue weighted by molar-refractivity contribution is 6.26. The quantitative estimate of drug-likeness (QED) is 0.592. The van der Waals surface area contributed by atoms with Gasteiger partial charge in [0.2, 0.25) is 17.7 Å². The molecule has 1 aromatic carbocycles. The highest BCUT2D eigenvalue weighted by Gasteiger charge is 2.85. The van der Waals surface area contributed by atoms with Gasteiger partial charge in [-0.2, -0.15) is 0 Å². The van der Waals surface area contributed by atoms with Crippen LogP contribution in [-0.4, -0.2) is 40.1 Å². The third-order valence-electron chi connectivity index (χ3n) is 6.53. The van der Waals surface area contributed by atoms with Crippen LogP contribution in [0.4, 0.5) is 11.4 Å². The number of carbonyl (C=O) groups is 3. The van der Waals surface area contributed by atoms with Crippen LogP contribution in [0.5, 0.6) is 0 Å². The minimum atomic E-state index is -1.19. The van der Waals surface area contributed by atoms with E-state index in [0.717, 1.165) is 10.6 Å². The molecule has 2 heterocycles. The minimum absolute atomic E-state index is 0.372. The van der Waals surface area contributed by atoms with E-state index in [1.54, 1.807) is 45.0 Å². The molecule has 6 unspecified atom stereocenters. The summed E-state index contributed by atoms with van der Waals surface area (Å²) in [6.45, 7) is 4.93. The second-order valence-corrected chi connectivity index (χ2v) is 7.99. The van der Waals surface area contributed by atoms with E-state index in [1.807, 2.05) is 0 Å². The zero-order valence-corrected chi connectivity index (χ0v) is 15.0. The zero-order chi connectivity index (χ0) is 19.2. The van der Waals surface area contributed by atoms with Crippen molar-refractivity contribution in [3.05, 3.63) is 24.3 Å². The minimum Gasteiger partial charge on any atom is -0.373 e. The Labute approximate surface area is 150 Å². The molecule has 138 valence electrons. The van der Waals surface area contributed by atoms with Crippen molar-refractivity contribution in [3.63, 3.8) is 0 Å². The van der Waals surface area contributed by atoms with Crippen molar-refractivity contribution in [2.24, 2.45) is 28.4 Å². The molecule has 0 radical (unpaired) electrons. The molecule has 6 atom stereocenters. The summed E-state index contributed by atoms with van der Waals surface area (Å²) in [6.07, 6.45) is -1.89. The summed E-state index contributed by atoms with van der Waals surface area (Å²) in [4.78, 5) is 41.7. The Morgan fingerprint density at radius 1 is 1.12 bits per heavy atom. The van der Waals surface area contributed by atoms with Crippen molar-refractivity contribution < 1.29 is 25.2 Å². The fraction of sp³-hybridized carbons (Fsp3) is 0.500. The third kappa shape index (κ3) is 1.62. The number of aliphatic hydroxyl groups excluding tert-OH is 1. The van der Waals surface area contributed by atoms with Crippen LogP contribution in [0.3, 0.4) is 0 Å². The van der Waals surface area contributed by atoms with Gasteiger partial charge in [-0.25, -0.2) is 4.90 Å². The first-order chi connectivity index (χ1) is 12.1. The molecule has 2 saturated heterocycles. The summed E-state index contributed by atoms with van der Waals surface area (Å²) in [5, 5.41) is 10.7. The molecular weight excluding hydrogens is 336 g/mol. The molecule has 3 aliphatic rings. The maximum Gasteiger partial charge on any atom is 0.241 e. The van der Waals surface area contributed by atoms with E-state index in [1.165, 1.54) is 4.90 Å². The maximum atomic E-state index is 13.2. The molecule has 8 heteroatoms. The van der Waals surface area contributed by atoms with Gasteiger partial charge in [-0.1, -0.05) is 0 Å². The van der Waals surface area contributed by atoms with Gasteiger partial charge in [0.1, 0.15) is 11.9 Å². The number of quaternary nitrogens is 1. The van der Waals surface area contributed by atoms with Gasteiger partial charge in [-0.3, -0.25) is 14.4 Å². The van der Waals surface area contributed by atoms with Gasteiger partial charge in [-0.15, -0.1) is 0 Å². The lowest BCUT2D eigenvalue weighted by Gasteiger charge is -2.55. The number of fused-ring (bicyclic) bond motifs is 4. The van der Waals surface area contributed by atoms with Gasteiger partial charge in [-0.05, 0) is 32.9 Å². The number of benzene rings is 1. The number of likely N-dealkylation sites (tertiary alicyclic amines) is 1. The first kappa shape index (κ1) is 17.1. The lowest BCUT2D eigenvalue weighted by atomic mass is 9.41. The van der Waals surface area contributed by atoms with E-state index >= 15 is 0 Å². The molecule has 6 N–H and O–H groups in total. The van der Waals surface area contributed by atoms with Crippen molar-refractivity contribution in [2.75, 3.05) is 4.90 Å². The third-order valence-corrected chi connectivity index (χ3v) is 6.53. The number of anilines is 1. The number of nitrogens with zero attached hydrogens (tertiary/aromatic N) is 2. The molecule has 3 amide bonds. The van der Waals surface area contributed by atoms with E-state index in [4.69, 9.17) is 5.73 Å². The average Bonchev–Trinajstić information content (AvgIpc) is 2.83. The molecule has 0 aromatic heterocycles. The lowest BCUT2D eigenvalue weighted by Crippen LogP contribution is -2.65. The topological polar surface area (TPSA) is 132 Å². The molecule has 1 aromatic rings. The monoisotopic (exact) mass is 359 g/mol. The average molecular weight is 359 g/mol. The molecule has 2 aliphatic heterocycles. The van der Waals surface area contributed by atoms with E-state index in [2.05, 4.69) is 5.73 Å². The van der Waals surface area contributed by atoms with Gasteiger partial charge in [0.05, 0.1) is 28.6 Å². The lowest BCUT2D eigenvalue weighted by molar-refractivity contribution is -0.254. The van der Waals surface area contributed by atoms with Crippen molar-refractivity contribution >= 4 is 29.1 Å². The predicted molar refractivity (Wildman–Crippen MR) is 91.2 cm³/mol. The molecule has 1 saturated carbocycles. The van der Waals surface area contributed by atoms with Crippen molar-refractivity contribution in [3.8, 4) is 0 Å². The second-order valence-electron chi connectivity index (χ2n) is 7.99. The molecule has 8 nitrogen and oxygen atoms in total.